The molecule has 1 atom stereocenters. The molecular weight excluding hydrogens is 245 g/mol. The van der Waals surface area contributed by atoms with Crippen molar-refractivity contribution in [1.82, 2.24) is 4.83 Å². The van der Waals surface area contributed by atoms with Gasteiger partial charge < -0.3 is 0 Å². The van der Waals surface area contributed by atoms with Crippen LogP contribution in [0.2, 0.25) is 0 Å². The minimum atomic E-state index is -2.42. The Hall–Kier alpha value is -1.12. The second kappa shape index (κ2) is 4.04. The molecule has 4 nitrogen and oxygen atoms in total. The normalized spacial score (nSPS) is 16.4. The van der Waals surface area contributed by atoms with Gasteiger partial charge in [-0.1, -0.05) is 0 Å². The van der Waals surface area contributed by atoms with Crippen LogP contribution in [-0.2, 0) is 17.7 Å². The Morgan fingerprint density at radius 1 is 1.38 bits per heavy atom. The topological polar surface area (TPSA) is 52.6 Å². The van der Waals surface area contributed by atoms with Crippen molar-refractivity contribution < 1.29 is 21.9 Å². The lowest BCUT2D eigenvalue weighted by Crippen LogP contribution is -2.38. The molecule has 0 fully saturated rings. The van der Waals surface area contributed by atoms with Crippen LogP contribution in [-0.4, -0.2) is 15.3 Å². The number of hydrazine groups is 1. The summed E-state index contributed by atoms with van der Waals surface area (Å²) in [5.74, 6) is -3.41. The highest BCUT2D eigenvalue weighted by atomic mass is 32.2. The molecule has 1 heterocycles. The van der Waals surface area contributed by atoms with Gasteiger partial charge in [0.05, 0.1) is 5.69 Å². The van der Waals surface area contributed by atoms with Crippen LogP contribution in [0.3, 0.4) is 0 Å². The van der Waals surface area contributed by atoms with Gasteiger partial charge in [-0.25, -0.2) is 17.4 Å². The summed E-state index contributed by atoms with van der Waals surface area (Å²) in [6.45, 7) is 0.0962. The van der Waals surface area contributed by atoms with E-state index < -0.39 is 28.7 Å². The fourth-order valence-electron chi connectivity index (χ4n) is 1.66. The number of nitrogens with one attached hydrogen (secondary N) is 1. The SMILES string of the molecule is O=S(O)NN1CCc2c(F)cc(F)c(F)c21. The molecule has 1 aromatic rings. The van der Waals surface area contributed by atoms with Crippen molar-refractivity contribution in [3.8, 4) is 0 Å². The Morgan fingerprint density at radius 2 is 2.06 bits per heavy atom. The van der Waals surface area contributed by atoms with E-state index in [1.165, 1.54) is 0 Å². The van der Waals surface area contributed by atoms with Crippen molar-refractivity contribution in [2.24, 2.45) is 0 Å². The predicted molar refractivity (Wildman–Crippen MR) is 51.3 cm³/mol. The molecule has 1 unspecified atom stereocenters. The molecule has 88 valence electrons. The third-order valence-electron chi connectivity index (χ3n) is 2.29. The monoisotopic (exact) mass is 252 g/mol. The fourth-order valence-corrected chi connectivity index (χ4v) is 2.03. The van der Waals surface area contributed by atoms with Crippen molar-refractivity contribution in [2.75, 3.05) is 11.6 Å². The minimum Gasteiger partial charge on any atom is -0.293 e. The number of hydrogen-bond acceptors (Lipinski definition) is 2. The maximum absolute atomic E-state index is 13.4. The molecule has 1 aliphatic rings. The molecule has 8 heteroatoms. The summed E-state index contributed by atoms with van der Waals surface area (Å²) in [5.41, 5.74) is -0.350. The van der Waals surface area contributed by atoms with Crippen LogP contribution < -0.4 is 9.84 Å². The van der Waals surface area contributed by atoms with Crippen molar-refractivity contribution in [3.05, 3.63) is 29.1 Å². The quantitative estimate of drug-likeness (QED) is 0.612. The van der Waals surface area contributed by atoms with E-state index >= 15 is 0 Å². The number of hydrogen-bond donors (Lipinski definition) is 2. The Morgan fingerprint density at radius 3 is 2.69 bits per heavy atom. The standard InChI is InChI=1S/C8H7F3N2O2S/c9-5-3-6(10)7(11)8-4(5)1-2-13(8)12-16(14)15/h3,12H,1-2H2,(H,14,15). The van der Waals surface area contributed by atoms with Crippen LogP contribution >= 0.6 is 0 Å². The molecule has 0 saturated carbocycles. The number of benzene rings is 1. The zero-order valence-corrected chi connectivity index (χ0v) is 8.65. The lowest BCUT2D eigenvalue weighted by molar-refractivity contribution is 0.492. The number of fused-ring (bicyclic) bond motifs is 1. The molecule has 0 bridgehead atoms. The second-order valence-electron chi connectivity index (χ2n) is 3.22. The van der Waals surface area contributed by atoms with Gasteiger partial charge in [0.1, 0.15) is 5.82 Å². The van der Waals surface area contributed by atoms with Crippen LogP contribution in [0.25, 0.3) is 0 Å². The summed E-state index contributed by atoms with van der Waals surface area (Å²) in [4.78, 5) is 1.98. The molecule has 1 aromatic carbocycles. The van der Waals surface area contributed by atoms with E-state index in [1.807, 2.05) is 4.83 Å². The van der Waals surface area contributed by atoms with Gasteiger partial charge >= 0.3 is 0 Å². The fraction of sp³-hybridized carbons (Fsp3) is 0.250. The van der Waals surface area contributed by atoms with E-state index in [2.05, 4.69) is 0 Å². The van der Waals surface area contributed by atoms with Gasteiger partial charge in [0, 0.05) is 18.2 Å². The summed E-state index contributed by atoms with van der Waals surface area (Å²) >= 11 is -2.42. The average molecular weight is 252 g/mol. The van der Waals surface area contributed by atoms with Gasteiger partial charge in [-0.15, -0.1) is 4.83 Å². The van der Waals surface area contributed by atoms with Crippen molar-refractivity contribution in [3.63, 3.8) is 0 Å². The molecule has 1 aliphatic heterocycles. The summed E-state index contributed by atoms with van der Waals surface area (Å²) in [5, 5.41) is 0.924. The maximum atomic E-state index is 13.4. The molecule has 0 saturated heterocycles. The van der Waals surface area contributed by atoms with Crippen molar-refractivity contribution >= 4 is 17.0 Å². The largest absolute Gasteiger partial charge is 0.293 e. The van der Waals surface area contributed by atoms with Crippen LogP contribution in [0, 0.1) is 17.5 Å². The van der Waals surface area contributed by atoms with E-state index in [-0.39, 0.29) is 24.2 Å². The highest BCUT2D eigenvalue weighted by Crippen LogP contribution is 2.33. The Bertz CT molecular complexity index is 469. The third kappa shape index (κ3) is 1.79. The van der Waals surface area contributed by atoms with Gasteiger partial charge in [0.2, 0.25) is 0 Å². The average Bonchev–Trinajstić information content (AvgIpc) is 2.58. The number of rotatable bonds is 2. The van der Waals surface area contributed by atoms with E-state index in [4.69, 9.17) is 4.55 Å². The van der Waals surface area contributed by atoms with Crippen LogP contribution in [0.1, 0.15) is 5.56 Å². The molecule has 16 heavy (non-hydrogen) atoms. The van der Waals surface area contributed by atoms with Crippen LogP contribution in [0.15, 0.2) is 6.07 Å². The predicted octanol–water partition coefficient (Wildman–Crippen LogP) is 1.11. The molecule has 2 rings (SSSR count). The van der Waals surface area contributed by atoms with Crippen molar-refractivity contribution in [2.45, 2.75) is 6.42 Å². The van der Waals surface area contributed by atoms with E-state index in [1.54, 1.807) is 0 Å². The molecule has 0 aromatic heterocycles. The first-order chi connectivity index (χ1) is 7.50. The lowest BCUT2D eigenvalue weighted by Gasteiger charge is -2.18. The molecule has 2 N–H and O–H groups in total. The van der Waals surface area contributed by atoms with Gasteiger partial charge in [-0.05, 0) is 6.42 Å². The third-order valence-corrected chi connectivity index (χ3v) is 2.67. The van der Waals surface area contributed by atoms with Gasteiger partial charge in [-0.2, -0.15) is 0 Å². The first kappa shape index (κ1) is 11.4. The molecular formula is C8H7F3N2O2S. The number of anilines is 1. The summed E-state index contributed by atoms with van der Waals surface area (Å²) in [7, 11) is 0. The van der Waals surface area contributed by atoms with Crippen LogP contribution in [0.4, 0.5) is 18.9 Å². The Balaban J connectivity index is 2.48. The highest BCUT2D eigenvalue weighted by Gasteiger charge is 2.29. The lowest BCUT2D eigenvalue weighted by atomic mass is 10.1. The second-order valence-corrected chi connectivity index (χ2v) is 3.90. The summed E-state index contributed by atoms with van der Waals surface area (Å²) < 4.78 is 58.6. The van der Waals surface area contributed by atoms with Gasteiger partial charge in [0.15, 0.2) is 11.6 Å². The maximum Gasteiger partial charge on any atom is 0.250 e. The minimum absolute atomic E-state index is 0.00292. The summed E-state index contributed by atoms with van der Waals surface area (Å²) in [6, 6.07) is 0.466. The molecule has 0 radical (unpaired) electrons. The molecule has 0 spiro atoms. The van der Waals surface area contributed by atoms with Crippen molar-refractivity contribution in [1.29, 1.82) is 0 Å². The first-order valence-electron chi connectivity index (χ1n) is 4.31. The Labute approximate surface area is 91.4 Å². The van der Waals surface area contributed by atoms with Gasteiger partial charge in [0.25, 0.3) is 11.3 Å². The zero-order valence-electron chi connectivity index (χ0n) is 7.84. The van der Waals surface area contributed by atoms with E-state index in [0.29, 0.717) is 6.07 Å². The van der Waals surface area contributed by atoms with Gasteiger partial charge in [-0.3, -0.25) is 9.56 Å². The first-order valence-corrected chi connectivity index (χ1v) is 5.42. The van der Waals surface area contributed by atoms with E-state index in [9.17, 15) is 17.4 Å². The molecule has 0 amide bonds. The highest BCUT2D eigenvalue weighted by molar-refractivity contribution is 7.77. The van der Waals surface area contributed by atoms with E-state index in [0.717, 1.165) is 5.01 Å². The number of halogens is 3. The van der Waals surface area contributed by atoms with Crippen LogP contribution in [0.5, 0.6) is 0 Å². The Kier molecular flexibility index (Phi) is 2.87. The molecule has 0 aliphatic carbocycles. The summed E-state index contributed by atoms with van der Waals surface area (Å²) in [6.07, 6.45) is 0.141. The number of nitrogens with zero attached hydrogens (tertiary/aromatic N) is 1. The zero-order chi connectivity index (χ0) is 11.9. The smallest absolute Gasteiger partial charge is 0.250 e.